The van der Waals surface area contributed by atoms with Crippen molar-refractivity contribution in [1.82, 2.24) is 9.97 Å². The van der Waals surface area contributed by atoms with E-state index in [1.165, 1.54) is 11.8 Å². The zero-order chi connectivity index (χ0) is 19.9. The Hall–Kier alpha value is -2.57. The molecule has 7 heteroatoms. The van der Waals surface area contributed by atoms with Crippen LogP contribution >= 0.6 is 23.4 Å². The normalized spacial score (nSPS) is 10.6. The van der Waals surface area contributed by atoms with Gasteiger partial charge in [0, 0.05) is 34.1 Å². The van der Waals surface area contributed by atoms with E-state index in [0.29, 0.717) is 33.5 Å². The zero-order valence-electron chi connectivity index (χ0n) is 15.4. The molecule has 0 bridgehead atoms. The van der Waals surface area contributed by atoms with Crippen LogP contribution in [0.2, 0.25) is 5.02 Å². The molecule has 3 aromatic rings. The first kappa shape index (κ1) is 20.2. The van der Waals surface area contributed by atoms with Crippen LogP contribution in [0.15, 0.2) is 64.5 Å². The van der Waals surface area contributed by atoms with Crippen LogP contribution in [0.4, 0.5) is 5.69 Å². The molecule has 5 nitrogen and oxygen atoms in total. The minimum Gasteiger partial charge on any atom is -0.326 e. The number of thioether (sulfide) groups is 1. The van der Waals surface area contributed by atoms with Gasteiger partial charge in [0.05, 0.1) is 0 Å². The van der Waals surface area contributed by atoms with Crippen molar-refractivity contribution in [2.45, 2.75) is 30.7 Å². The molecular formula is C21H20ClN3O2S. The fourth-order valence-electron chi connectivity index (χ4n) is 2.70. The topological polar surface area (TPSA) is 74.8 Å². The third kappa shape index (κ3) is 5.71. The minimum absolute atomic E-state index is 0.177. The van der Waals surface area contributed by atoms with Gasteiger partial charge in [-0.15, -0.1) is 0 Å². The van der Waals surface area contributed by atoms with E-state index in [0.717, 1.165) is 11.3 Å². The van der Waals surface area contributed by atoms with E-state index in [1.54, 1.807) is 31.2 Å². The summed E-state index contributed by atoms with van der Waals surface area (Å²) >= 11 is 7.40. The van der Waals surface area contributed by atoms with Crippen molar-refractivity contribution in [1.29, 1.82) is 0 Å². The van der Waals surface area contributed by atoms with Crippen molar-refractivity contribution in [3.8, 4) is 0 Å². The molecule has 28 heavy (non-hydrogen) atoms. The van der Waals surface area contributed by atoms with Crippen LogP contribution in [0.1, 0.15) is 23.2 Å². The molecule has 0 unspecified atom stereocenters. The molecule has 144 valence electrons. The Kier molecular flexibility index (Phi) is 6.90. The second-order valence-electron chi connectivity index (χ2n) is 6.27. The average molecular weight is 414 g/mol. The van der Waals surface area contributed by atoms with Gasteiger partial charge in [-0.2, -0.15) is 0 Å². The Morgan fingerprint density at radius 3 is 2.68 bits per heavy atom. The highest BCUT2D eigenvalue weighted by molar-refractivity contribution is 7.98. The second-order valence-corrected chi connectivity index (χ2v) is 7.67. The number of hydrogen-bond acceptors (Lipinski definition) is 4. The van der Waals surface area contributed by atoms with Crippen molar-refractivity contribution in [2.24, 2.45) is 0 Å². The van der Waals surface area contributed by atoms with E-state index in [2.05, 4.69) is 15.3 Å². The molecule has 0 aliphatic carbocycles. The molecule has 0 aliphatic heterocycles. The summed E-state index contributed by atoms with van der Waals surface area (Å²) in [5, 5.41) is 3.92. The minimum atomic E-state index is -0.196. The van der Waals surface area contributed by atoms with Crippen LogP contribution < -0.4 is 10.9 Å². The largest absolute Gasteiger partial charge is 0.326 e. The van der Waals surface area contributed by atoms with Crippen LogP contribution in [0.5, 0.6) is 0 Å². The number of halogens is 1. The summed E-state index contributed by atoms with van der Waals surface area (Å²) in [6.07, 6.45) is 0.513. The molecule has 0 saturated carbocycles. The van der Waals surface area contributed by atoms with Gasteiger partial charge < -0.3 is 10.3 Å². The summed E-state index contributed by atoms with van der Waals surface area (Å²) < 4.78 is 0. The van der Waals surface area contributed by atoms with E-state index in [-0.39, 0.29) is 17.9 Å². The lowest BCUT2D eigenvalue weighted by Gasteiger charge is -2.08. The number of carbonyl (C=O) groups is 1. The van der Waals surface area contributed by atoms with E-state index >= 15 is 0 Å². The fourth-order valence-corrected chi connectivity index (χ4v) is 3.75. The summed E-state index contributed by atoms with van der Waals surface area (Å²) in [5.41, 5.74) is 2.78. The monoisotopic (exact) mass is 413 g/mol. The number of H-pyrrole nitrogens is 1. The maximum absolute atomic E-state index is 12.4. The van der Waals surface area contributed by atoms with Crippen molar-refractivity contribution in [3.05, 3.63) is 86.8 Å². The molecule has 1 amide bonds. The average Bonchev–Trinajstić information content (AvgIpc) is 2.66. The van der Waals surface area contributed by atoms with Gasteiger partial charge >= 0.3 is 0 Å². The Morgan fingerprint density at radius 2 is 1.96 bits per heavy atom. The van der Waals surface area contributed by atoms with Crippen LogP contribution in [-0.4, -0.2) is 15.9 Å². The molecule has 0 spiro atoms. The molecule has 0 fully saturated rings. The standard InChI is InChI=1S/C21H20ClN3O2S/c1-14-18(10-11-19(26)24-17-9-5-8-16(22)12-17)20(27)25-21(23-14)28-13-15-6-3-2-4-7-15/h2-9,12H,10-11,13H2,1H3,(H,24,26)(H,23,25,27). The Balaban J connectivity index is 1.59. The van der Waals surface area contributed by atoms with Crippen LogP contribution in [0.25, 0.3) is 0 Å². The number of nitrogens with one attached hydrogen (secondary N) is 2. The third-order valence-corrected chi connectivity index (χ3v) is 5.31. The van der Waals surface area contributed by atoms with Gasteiger partial charge in [0.15, 0.2) is 5.16 Å². The molecule has 0 aliphatic rings. The van der Waals surface area contributed by atoms with Crippen molar-refractivity contribution in [2.75, 3.05) is 5.32 Å². The first-order valence-electron chi connectivity index (χ1n) is 8.83. The van der Waals surface area contributed by atoms with E-state index in [1.807, 2.05) is 30.3 Å². The third-order valence-electron chi connectivity index (χ3n) is 4.13. The van der Waals surface area contributed by atoms with Gasteiger partial charge in [0.2, 0.25) is 5.91 Å². The number of aromatic amines is 1. The summed E-state index contributed by atoms with van der Waals surface area (Å²) in [6.45, 7) is 1.80. The van der Waals surface area contributed by atoms with Gasteiger partial charge in [-0.05, 0) is 37.1 Å². The zero-order valence-corrected chi connectivity index (χ0v) is 16.9. The lowest BCUT2D eigenvalue weighted by molar-refractivity contribution is -0.116. The van der Waals surface area contributed by atoms with Crippen molar-refractivity contribution >= 4 is 35.0 Å². The number of aryl methyl sites for hydroxylation is 1. The number of benzene rings is 2. The van der Waals surface area contributed by atoms with Gasteiger partial charge in [0.25, 0.3) is 5.56 Å². The van der Waals surface area contributed by atoms with E-state index < -0.39 is 0 Å². The number of carbonyl (C=O) groups excluding carboxylic acids is 1. The van der Waals surface area contributed by atoms with Gasteiger partial charge in [-0.1, -0.05) is 59.8 Å². The first-order chi connectivity index (χ1) is 13.5. The highest BCUT2D eigenvalue weighted by Crippen LogP contribution is 2.19. The molecule has 2 aromatic carbocycles. The first-order valence-corrected chi connectivity index (χ1v) is 10.2. The van der Waals surface area contributed by atoms with Gasteiger partial charge in [-0.3, -0.25) is 9.59 Å². The second kappa shape index (κ2) is 9.57. The Labute approximate surface area is 172 Å². The SMILES string of the molecule is Cc1nc(SCc2ccccc2)[nH]c(=O)c1CCC(=O)Nc1cccc(Cl)c1. The Morgan fingerprint density at radius 1 is 1.18 bits per heavy atom. The smallest absolute Gasteiger partial charge is 0.254 e. The maximum atomic E-state index is 12.4. The van der Waals surface area contributed by atoms with Crippen LogP contribution in [-0.2, 0) is 17.0 Å². The molecule has 0 atom stereocenters. The van der Waals surface area contributed by atoms with E-state index in [4.69, 9.17) is 11.6 Å². The lowest BCUT2D eigenvalue weighted by Crippen LogP contribution is -2.20. The summed E-state index contributed by atoms with van der Waals surface area (Å²) in [4.78, 5) is 31.9. The maximum Gasteiger partial charge on any atom is 0.254 e. The molecule has 1 aromatic heterocycles. The molecule has 1 heterocycles. The predicted molar refractivity (Wildman–Crippen MR) is 114 cm³/mol. The van der Waals surface area contributed by atoms with Crippen molar-refractivity contribution < 1.29 is 4.79 Å². The number of anilines is 1. The number of aromatic nitrogens is 2. The molecule has 0 saturated heterocycles. The molecule has 3 rings (SSSR count). The molecule has 2 N–H and O–H groups in total. The highest BCUT2D eigenvalue weighted by atomic mass is 35.5. The van der Waals surface area contributed by atoms with E-state index in [9.17, 15) is 9.59 Å². The van der Waals surface area contributed by atoms with Gasteiger partial charge in [0.1, 0.15) is 0 Å². The number of nitrogens with zero attached hydrogens (tertiary/aromatic N) is 1. The number of amides is 1. The Bertz CT molecular complexity index is 1020. The fraction of sp³-hybridized carbons (Fsp3) is 0.190. The highest BCUT2D eigenvalue weighted by Gasteiger charge is 2.11. The summed E-state index contributed by atoms with van der Waals surface area (Å²) in [7, 11) is 0. The van der Waals surface area contributed by atoms with Gasteiger partial charge in [-0.25, -0.2) is 4.98 Å². The van der Waals surface area contributed by atoms with Crippen LogP contribution in [0, 0.1) is 6.92 Å². The summed E-state index contributed by atoms with van der Waals surface area (Å²) in [5.74, 6) is 0.550. The molecular weight excluding hydrogens is 394 g/mol. The quantitative estimate of drug-likeness (QED) is 0.438. The molecule has 0 radical (unpaired) electrons. The number of rotatable bonds is 7. The summed E-state index contributed by atoms with van der Waals surface area (Å²) in [6, 6.07) is 16.9. The van der Waals surface area contributed by atoms with Crippen LogP contribution in [0.3, 0.4) is 0 Å². The predicted octanol–water partition coefficient (Wildman–Crippen LogP) is 4.60. The lowest BCUT2D eigenvalue weighted by atomic mass is 10.1. The number of hydrogen-bond donors (Lipinski definition) is 2. The van der Waals surface area contributed by atoms with Crippen molar-refractivity contribution in [3.63, 3.8) is 0 Å².